The van der Waals surface area contributed by atoms with Gasteiger partial charge in [-0.3, -0.25) is 4.90 Å². The Morgan fingerprint density at radius 2 is 1.95 bits per heavy atom. The molecule has 20 heavy (non-hydrogen) atoms. The van der Waals surface area contributed by atoms with Gasteiger partial charge >= 0.3 is 0 Å². The van der Waals surface area contributed by atoms with Crippen LogP contribution in [0.4, 0.5) is 0 Å². The van der Waals surface area contributed by atoms with Crippen LogP contribution in [0, 0.1) is 6.92 Å². The van der Waals surface area contributed by atoms with Gasteiger partial charge in [0.05, 0.1) is 0 Å². The molecule has 2 aromatic rings. The third kappa shape index (κ3) is 2.66. The van der Waals surface area contributed by atoms with Crippen LogP contribution in [0.25, 0.3) is 0 Å². The first-order valence-electron chi connectivity index (χ1n) is 7.26. The van der Waals surface area contributed by atoms with E-state index in [2.05, 4.69) is 54.5 Å². The van der Waals surface area contributed by atoms with Gasteiger partial charge in [0.25, 0.3) is 0 Å². The molecule has 2 atom stereocenters. The minimum absolute atomic E-state index is 0.137. The first-order valence-corrected chi connectivity index (χ1v) is 8.14. The highest BCUT2D eigenvalue weighted by atomic mass is 32.1. The van der Waals surface area contributed by atoms with Crippen molar-refractivity contribution in [1.82, 2.24) is 4.90 Å². The molecule has 2 nitrogen and oxygen atoms in total. The highest BCUT2D eigenvalue weighted by Gasteiger charge is 2.27. The predicted molar refractivity (Wildman–Crippen MR) is 86.0 cm³/mol. The zero-order valence-corrected chi connectivity index (χ0v) is 13.0. The molecular weight excluding hydrogens is 264 g/mol. The molecule has 2 unspecified atom stereocenters. The van der Waals surface area contributed by atoms with Crippen LogP contribution >= 0.6 is 11.3 Å². The van der Waals surface area contributed by atoms with Crippen molar-refractivity contribution >= 4 is 11.3 Å². The molecule has 0 bridgehead atoms. The van der Waals surface area contributed by atoms with Gasteiger partial charge in [0.2, 0.25) is 0 Å². The second kappa shape index (κ2) is 5.68. The number of thiophene rings is 1. The Hall–Kier alpha value is -1.16. The maximum Gasteiger partial charge on any atom is 0.0500 e. The quantitative estimate of drug-likeness (QED) is 0.935. The summed E-state index contributed by atoms with van der Waals surface area (Å²) >= 11 is 1.89. The smallest absolute Gasteiger partial charge is 0.0500 e. The van der Waals surface area contributed by atoms with Crippen molar-refractivity contribution in [2.45, 2.75) is 38.9 Å². The van der Waals surface area contributed by atoms with E-state index in [0.717, 1.165) is 19.5 Å². The Labute approximate surface area is 125 Å². The van der Waals surface area contributed by atoms with E-state index in [1.807, 2.05) is 11.3 Å². The Morgan fingerprint density at radius 3 is 2.65 bits per heavy atom. The second-order valence-electron chi connectivity index (χ2n) is 5.80. The van der Waals surface area contributed by atoms with E-state index in [1.165, 1.54) is 16.7 Å². The highest BCUT2D eigenvalue weighted by Crippen LogP contribution is 2.31. The molecule has 1 aromatic carbocycles. The van der Waals surface area contributed by atoms with Crippen molar-refractivity contribution < 1.29 is 0 Å². The van der Waals surface area contributed by atoms with Crippen molar-refractivity contribution in [3.63, 3.8) is 0 Å². The van der Waals surface area contributed by atoms with Crippen molar-refractivity contribution in [2.75, 3.05) is 6.54 Å². The largest absolute Gasteiger partial charge is 0.326 e. The molecule has 0 radical (unpaired) electrons. The summed E-state index contributed by atoms with van der Waals surface area (Å²) in [4.78, 5) is 4.08. The van der Waals surface area contributed by atoms with Crippen LogP contribution in [0.1, 0.15) is 34.5 Å². The molecule has 0 aliphatic carbocycles. The molecule has 1 aliphatic heterocycles. The standard InChI is InChI=1S/C17H22N2S/c1-12-3-5-14(6-4-12)17(13(2)18)19-9-7-16-15(11-19)8-10-20-16/h3-6,8,10,13,17H,7,9,11,18H2,1-2H3. The Bertz CT molecular complexity index is 571. The normalized spacial score (nSPS) is 18.6. The molecule has 3 heteroatoms. The van der Waals surface area contributed by atoms with E-state index in [-0.39, 0.29) is 6.04 Å². The molecule has 0 saturated carbocycles. The minimum Gasteiger partial charge on any atom is -0.326 e. The van der Waals surface area contributed by atoms with Gasteiger partial charge in [-0.15, -0.1) is 11.3 Å². The molecule has 0 saturated heterocycles. The Morgan fingerprint density at radius 1 is 1.20 bits per heavy atom. The molecule has 1 aliphatic rings. The number of nitrogens with zero attached hydrogens (tertiary/aromatic N) is 1. The fourth-order valence-electron chi connectivity index (χ4n) is 3.12. The van der Waals surface area contributed by atoms with E-state index in [4.69, 9.17) is 5.73 Å². The minimum atomic E-state index is 0.137. The number of benzene rings is 1. The lowest BCUT2D eigenvalue weighted by molar-refractivity contribution is 0.161. The predicted octanol–water partition coefficient (Wildman–Crippen LogP) is 3.50. The molecule has 106 valence electrons. The maximum atomic E-state index is 6.29. The van der Waals surface area contributed by atoms with Gasteiger partial charge in [-0.05, 0) is 42.8 Å². The number of fused-ring (bicyclic) bond motifs is 1. The fraction of sp³-hybridized carbons (Fsp3) is 0.412. The van der Waals surface area contributed by atoms with Gasteiger partial charge in [-0.1, -0.05) is 29.8 Å². The lowest BCUT2D eigenvalue weighted by Gasteiger charge is -2.37. The third-order valence-corrected chi connectivity index (χ3v) is 5.17. The van der Waals surface area contributed by atoms with Gasteiger partial charge in [0.1, 0.15) is 0 Å². The van der Waals surface area contributed by atoms with Crippen molar-refractivity contribution in [3.05, 3.63) is 57.3 Å². The summed E-state index contributed by atoms with van der Waals surface area (Å²) in [6.45, 7) is 6.38. The zero-order chi connectivity index (χ0) is 14.1. The van der Waals surface area contributed by atoms with Crippen LogP contribution in [-0.2, 0) is 13.0 Å². The molecule has 3 rings (SSSR count). The van der Waals surface area contributed by atoms with E-state index in [1.54, 1.807) is 4.88 Å². The van der Waals surface area contributed by atoms with Gasteiger partial charge in [0, 0.05) is 30.1 Å². The van der Waals surface area contributed by atoms with E-state index < -0.39 is 0 Å². The van der Waals surface area contributed by atoms with Gasteiger partial charge in [0.15, 0.2) is 0 Å². The number of hydrogen-bond acceptors (Lipinski definition) is 3. The number of aryl methyl sites for hydroxylation is 1. The van der Waals surface area contributed by atoms with Crippen LogP contribution < -0.4 is 5.73 Å². The summed E-state index contributed by atoms with van der Waals surface area (Å²) in [6.07, 6.45) is 1.15. The Balaban J connectivity index is 1.87. The van der Waals surface area contributed by atoms with Crippen LogP contribution in [0.3, 0.4) is 0 Å². The summed E-state index contributed by atoms with van der Waals surface area (Å²) < 4.78 is 0. The van der Waals surface area contributed by atoms with Gasteiger partial charge < -0.3 is 5.73 Å². The first kappa shape index (κ1) is 13.8. The number of hydrogen-bond donors (Lipinski definition) is 1. The number of rotatable bonds is 3. The van der Waals surface area contributed by atoms with Crippen molar-refractivity contribution in [3.8, 4) is 0 Å². The average molecular weight is 286 g/mol. The summed E-state index contributed by atoms with van der Waals surface area (Å²) in [6, 6.07) is 11.5. The molecule has 0 fully saturated rings. The summed E-state index contributed by atoms with van der Waals surface area (Å²) in [5.74, 6) is 0. The summed E-state index contributed by atoms with van der Waals surface area (Å²) in [5.41, 5.74) is 10.4. The van der Waals surface area contributed by atoms with Crippen LogP contribution in [-0.4, -0.2) is 17.5 Å². The van der Waals surface area contributed by atoms with Crippen LogP contribution in [0.2, 0.25) is 0 Å². The lowest BCUT2D eigenvalue weighted by atomic mass is 9.96. The van der Waals surface area contributed by atoms with E-state index in [0.29, 0.717) is 6.04 Å². The van der Waals surface area contributed by atoms with Gasteiger partial charge in [-0.25, -0.2) is 0 Å². The summed E-state index contributed by atoms with van der Waals surface area (Å²) in [7, 11) is 0. The average Bonchev–Trinajstić information content (AvgIpc) is 2.88. The molecular formula is C17H22N2S. The molecule has 0 spiro atoms. The highest BCUT2D eigenvalue weighted by molar-refractivity contribution is 7.10. The zero-order valence-electron chi connectivity index (χ0n) is 12.2. The second-order valence-corrected chi connectivity index (χ2v) is 6.80. The monoisotopic (exact) mass is 286 g/mol. The topological polar surface area (TPSA) is 29.3 Å². The maximum absolute atomic E-state index is 6.29. The summed E-state index contributed by atoms with van der Waals surface area (Å²) in [5, 5.41) is 2.21. The lowest BCUT2D eigenvalue weighted by Crippen LogP contribution is -2.41. The molecule has 0 amide bonds. The molecule has 2 heterocycles. The van der Waals surface area contributed by atoms with Crippen molar-refractivity contribution in [1.29, 1.82) is 0 Å². The molecule has 2 N–H and O–H groups in total. The Kier molecular flexibility index (Phi) is 3.92. The van der Waals surface area contributed by atoms with E-state index in [9.17, 15) is 0 Å². The molecule has 1 aromatic heterocycles. The van der Waals surface area contributed by atoms with E-state index >= 15 is 0 Å². The van der Waals surface area contributed by atoms with Crippen LogP contribution in [0.5, 0.6) is 0 Å². The van der Waals surface area contributed by atoms with Crippen LogP contribution in [0.15, 0.2) is 35.7 Å². The van der Waals surface area contributed by atoms with Gasteiger partial charge in [-0.2, -0.15) is 0 Å². The third-order valence-electron chi connectivity index (χ3n) is 4.15. The number of nitrogens with two attached hydrogens (primary N) is 1. The van der Waals surface area contributed by atoms with Crippen molar-refractivity contribution in [2.24, 2.45) is 5.73 Å². The first-order chi connectivity index (χ1) is 9.65. The SMILES string of the molecule is Cc1ccc(C(C(C)N)N2CCc3sccc3C2)cc1. The fourth-order valence-corrected chi connectivity index (χ4v) is 4.01.